The number of carbonyl (C=O) groups excluding carboxylic acids is 1. The fraction of sp³-hybridized carbons (Fsp3) is 0.300. The average Bonchev–Trinajstić information content (AvgIpc) is 2.20. The molecule has 1 N–H and O–H groups in total. The van der Waals surface area contributed by atoms with Gasteiger partial charge in [0.2, 0.25) is 0 Å². The van der Waals surface area contributed by atoms with Crippen molar-refractivity contribution in [2.24, 2.45) is 0 Å². The van der Waals surface area contributed by atoms with Crippen LogP contribution in [0.15, 0.2) is 30.3 Å². The van der Waals surface area contributed by atoms with Crippen LogP contribution in [0.5, 0.6) is 0 Å². The van der Waals surface area contributed by atoms with Crippen molar-refractivity contribution in [1.82, 2.24) is 5.32 Å². The van der Waals surface area contributed by atoms with Gasteiger partial charge in [-0.05, 0) is 19.1 Å². The number of nitrogens with one attached hydrogen (secondary N) is 1. The number of benzene rings is 1. The van der Waals surface area contributed by atoms with Crippen LogP contribution in [0.3, 0.4) is 0 Å². The summed E-state index contributed by atoms with van der Waals surface area (Å²) in [6.07, 6.45) is 0. The van der Waals surface area contributed by atoms with Gasteiger partial charge in [0.15, 0.2) is 0 Å². The van der Waals surface area contributed by atoms with E-state index in [0.29, 0.717) is 6.54 Å². The highest BCUT2D eigenvalue weighted by molar-refractivity contribution is 5.91. The number of para-hydroxylation sites is 1. The SMILES string of the molecule is CCN(C(=O)NC)c1ccccc1. The van der Waals surface area contributed by atoms with Crippen molar-refractivity contribution >= 4 is 11.7 Å². The Hall–Kier alpha value is -1.51. The van der Waals surface area contributed by atoms with Gasteiger partial charge in [0, 0.05) is 19.3 Å². The fourth-order valence-corrected chi connectivity index (χ4v) is 1.19. The highest BCUT2D eigenvalue weighted by Gasteiger charge is 2.10. The van der Waals surface area contributed by atoms with Crippen LogP contribution in [-0.4, -0.2) is 19.6 Å². The molecule has 3 nitrogen and oxygen atoms in total. The highest BCUT2D eigenvalue weighted by Crippen LogP contribution is 2.12. The molecule has 3 heteroatoms. The van der Waals surface area contributed by atoms with E-state index in [0.717, 1.165) is 5.69 Å². The molecule has 0 saturated heterocycles. The minimum atomic E-state index is -0.0753. The summed E-state index contributed by atoms with van der Waals surface area (Å²) < 4.78 is 0. The number of hydrogen-bond donors (Lipinski definition) is 1. The minimum Gasteiger partial charge on any atom is -0.341 e. The van der Waals surface area contributed by atoms with E-state index < -0.39 is 0 Å². The molecule has 0 radical (unpaired) electrons. The minimum absolute atomic E-state index is 0.0753. The smallest absolute Gasteiger partial charge is 0.321 e. The standard InChI is InChI=1S/C10H14N2O/c1-3-12(10(13)11-2)9-7-5-4-6-8-9/h4-8H,3H2,1-2H3,(H,11,13). The van der Waals surface area contributed by atoms with Gasteiger partial charge >= 0.3 is 6.03 Å². The normalized spacial score (nSPS) is 9.38. The van der Waals surface area contributed by atoms with Crippen molar-refractivity contribution in [3.05, 3.63) is 30.3 Å². The largest absolute Gasteiger partial charge is 0.341 e. The lowest BCUT2D eigenvalue weighted by molar-refractivity contribution is 0.248. The molecule has 0 aliphatic heterocycles. The summed E-state index contributed by atoms with van der Waals surface area (Å²) in [7, 11) is 1.63. The van der Waals surface area contributed by atoms with E-state index in [-0.39, 0.29) is 6.03 Å². The predicted octanol–water partition coefficient (Wildman–Crippen LogP) is 1.85. The highest BCUT2D eigenvalue weighted by atomic mass is 16.2. The first-order valence-electron chi connectivity index (χ1n) is 4.34. The van der Waals surface area contributed by atoms with Gasteiger partial charge in [-0.2, -0.15) is 0 Å². The summed E-state index contributed by atoms with van der Waals surface area (Å²) in [5.41, 5.74) is 0.921. The van der Waals surface area contributed by atoms with E-state index in [1.165, 1.54) is 0 Å². The van der Waals surface area contributed by atoms with Crippen LogP contribution in [0.2, 0.25) is 0 Å². The van der Waals surface area contributed by atoms with Crippen molar-refractivity contribution in [2.45, 2.75) is 6.92 Å². The molecule has 0 fully saturated rings. The Morgan fingerprint density at radius 3 is 2.46 bits per heavy atom. The number of nitrogens with zero attached hydrogens (tertiary/aromatic N) is 1. The average molecular weight is 178 g/mol. The number of carbonyl (C=O) groups is 1. The van der Waals surface area contributed by atoms with Crippen molar-refractivity contribution in [3.63, 3.8) is 0 Å². The van der Waals surface area contributed by atoms with Gasteiger partial charge in [0.05, 0.1) is 0 Å². The first kappa shape index (κ1) is 9.58. The third-order valence-corrected chi connectivity index (χ3v) is 1.84. The predicted molar refractivity (Wildman–Crippen MR) is 53.9 cm³/mol. The zero-order valence-electron chi connectivity index (χ0n) is 7.95. The number of hydrogen-bond acceptors (Lipinski definition) is 1. The Kier molecular flexibility index (Phi) is 3.31. The van der Waals surface area contributed by atoms with Crippen LogP contribution < -0.4 is 10.2 Å². The lowest BCUT2D eigenvalue weighted by atomic mass is 10.3. The van der Waals surface area contributed by atoms with Crippen molar-refractivity contribution in [3.8, 4) is 0 Å². The molecule has 0 atom stereocenters. The van der Waals surface area contributed by atoms with Gasteiger partial charge in [0.25, 0.3) is 0 Å². The Balaban J connectivity index is 2.85. The zero-order valence-corrected chi connectivity index (χ0v) is 7.95. The number of amides is 2. The molecule has 0 heterocycles. The van der Waals surface area contributed by atoms with Gasteiger partial charge in [-0.25, -0.2) is 4.79 Å². The Morgan fingerprint density at radius 2 is 2.00 bits per heavy atom. The fourth-order valence-electron chi connectivity index (χ4n) is 1.19. The van der Waals surface area contributed by atoms with E-state index in [4.69, 9.17) is 0 Å². The molecular formula is C10H14N2O. The third kappa shape index (κ3) is 2.21. The molecular weight excluding hydrogens is 164 g/mol. The van der Waals surface area contributed by atoms with Crippen molar-refractivity contribution in [1.29, 1.82) is 0 Å². The van der Waals surface area contributed by atoms with Gasteiger partial charge in [0.1, 0.15) is 0 Å². The number of anilines is 1. The Bertz CT molecular complexity index is 272. The first-order valence-corrected chi connectivity index (χ1v) is 4.34. The van der Waals surface area contributed by atoms with Crippen molar-refractivity contribution < 1.29 is 4.79 Å². The molecule has 70 valence electrons. The summed E-state index contributed by atoms with van der Waals surface area (Å²) in [5.74, 6) is 0. The molecule has 2 amide bonds. The van der Waals surface area contributed by atoms with E-state index in [1.807, 2.05) is 37.3 Å². The van der Waals surface area contributed by atoms with E-state index in [1.54, 1.807) is 11.9 Å². The summed E-state index contributed by atoms with van der Waals surface area (Å²) in [6.45, 7) is 2.62. The Labute approximate surface area is 78.4 Å². The quantitative estimate of drug-likeness (QED) is 0.736. The zero-order chi connectivity index (χ0) is 9.68. The first-order chi connectivity index (χ1) is 6.29. The molecule has 1 aromatic carbocycles. The topological polar surface area (TPSA) is 32.3 Å². The molecule has 0 spiro atoms. The summed E-state index contributed by atoms with van der Waals surface area (Å²) >= 11 is 0. The van der Waals surface area contributed by atoms with Crippen LogP contribution >= 0.6 is 0 Å². The number of urea groups is 1. The lowest BCUT2D eigenvalue weighted by Gasteiger charge is -2.19. The molecule has 1 rings (SSSR count). The van der Waals surface area contributed by atoms with Gasteiger partial charge in [-0.3, -0.25) is 4.90 Å². The molecule has 0 unspecified atom stereocenters. The van der Waals surface area contributed by atoms with Gasteiger partial charge in [-0.15, -0.1) is 0 Å². The second-order valence-electron chi connectivity index (χ2n) is 2.63. The molecule has 1 aromatic rings. The lowest BCUT2D eigenvalue weighted by Crippen LogP contribution is -2.37. The van der Waals surface area contributed by atoms with Crippen LogP contribution in [0.25, 0.3) is 0 Å². The molecule has 0 aliphatic rings. The third-order valence-electron chi connectivity index (χ3n) is 1.84. The molecule has 0 aromatic heterocycles. The maximum absolute atomic E-state index is 11.4. The van der Waals surface area contributed by atoms with Gasteiger partial charge < -0.3 is 5.32 Å². The maximum atomic E-state index is 11.4. The van der Waals surface area contributed by atoms with E-state index in [2.05, 4.69) is 5.32 Å². The number of rotatable bonds is 2. The summed E-state index contributed by atoms with van der Waals surface area (Å²) in [6, 6.07) is 9.52. The van der Waals surface area contributed by atoms with Crippen LogP contribution in [0.1, 0.15) is 6.92 Å². The van der Waals surface area contributed by atoms with Crippen LogP contribution in [0.4, 0.5) is 10.5 Å². The van der Waals surface area contributed by atoms with E-state index in [9.17, 15) is 4.79 Å². The van der Waals surface area contributed by atoms with Crippen LogP contribution in [-0.2, 0) is 0 Å². The van der Waals surface area contributed by atoms with E-state index >= 15 is 0 Å². The molecule has 0 saturated carbocycles. The van der Waals surface area contributed by atoms with Crippen LogP contribution in [0, 0.1) is 0 Å². The maximum Gasteiger partial charge on any atom is 0.321 e. The molecule has 0 aliphatic carbocycles. The molecule has 0 bridgehead atoms. The monoisotopic (exact) mass is 178 g/mol. The summed E-state index contributed by atoms with van der Waals surface area (Å²) in [4.78, 5) is 13.0. The second-order valence-corrected chi connectivity index (χ2v) is 2.63. The second kappa shape index (κ2) is 4.50. The van der Waals surface area contributed by atoms with Gasteiger partial charge in [-0.1, -0.05) is 18.2 Å². The Morgan fingerprint density at radius 1 is 1.38 bits per heavy atom. The summed E-state index contributed by atoms with van der Waals surface area (Å²) in [5, 5.41) is 2.60. The van der Waals surface area contributed by atoms with Crippen molar-refractivity contribution in [2.75, 3.05) is 18.5 Å². The molecule has 13 heavy (non-hydrogen) atoms.